The molecule has 0 radical (unpaired) electrons. The van der Waals surface area contributed by atoms with Crippen LogP contribution in [0.1, 0.15) is 18.4 Å². The highest BCUT2D eigenvalue weighted by atomic mass is 35.5. The van der Waals surface area contributed by atoms with Crippen molar-refractivity contribution in [2.75, 3.05) is 39.3 Å². The van der Waals surface area contributed by atoms with Gasteiger partial charge in [0.05, 0.1) is 5.92 Å². The van der Waals surface area contributed by atoms with Gasteiger partial charge in [0.15, 0.2) is 0 Å². The lowest BCUT2D eigenvalue weighted by Crippen LogP contribution is -2.52. The number of benzene rings is 1. The first-order valence-corrected chi connectivity index (χ1v) is 12.9. The Morgan fingerprint density at radius 1 is 1.07 bits per heavy atom. The fraction of sp³-hybridized carbons (Fsp3) is 0.476. The van der Waals surface area contributed by atoms with E-state index in [4.69, 9.17) is 11.6 Å². The summed E-state index contributed by atoms with van der Waals surface area (Å²) in [6, 6.07) is 11.2. The minimum Gasteiger partial charge on any atom is -0.340 e. The van der Waals surface area contributed by atoms with Crippen molar-refractivity contribution in [3.63, 3.8) is 0 Å². The summed E-state index contributed by atoms with van der Waals surface area (Å²) in [5, 5.41) is 2.50. The van der Waals surface area contributed by atoms with Gasteiger partial charge in [0.2, 0.25) is 5.91 Å². The molecular weight excluding hydrogens is 442 g/mol. The molecule has 1 aromatic carbocycles. The van der Waals surface area contributed by atoms with E-state index in [-0.39, 0.29) is 18.4 Å². The van der Waals surface area contributed by atoms with E-state index >= 15 is 0 Å². The van der Waals surface area contributed by atoms with E-state index in [9.17, 15) is 13.2 Å². The molecule has 9 heteroatoms. The quantitative estimate of drug-likeness (QED) is 0.677. The summed E-state index contributed by atoms with van der Waals surface area (Å²) in [5.74, 6) is -0.163. The Morgan fingerprint density at radius 2 is 1.80 bits per heavy atom. The first-order chi connectivity index (χ1) is 14.4. The number of hydrogen-bond donors (Lipinski definition) is 0. The van der Waals surface area contributed by atoms with Crippen molar-refractivity contribution in [3.8, 4) is 0 Å². The number of amides is 1. The van der Waals surface area contributed by atoms with Crippen molar-refractivity contribution in [1.82, 2.24) is 14.1 Å². The van der Waals surface area contributed by atoms with Crippen molar-refractivity contribution in [2.45, 2.75) is 23.6 Å². The third kappa shape index (κ3) is 4.89. The van der Waals surface area contributed by atoms with Crippen LogP contribution in [0.25, 0.3) is 0 Å². The van der Waals surface area contributed by atoms with E-state index < -0.39 is 10.0 Å². The van der Waals surface area contributed by atoms with Gasteiger partial charge < -0.3 is 4.90 Å². The second-order valence-corrected chi connectivity index (χ2v) is 11.4. The number of rotatable bonds is 5. The third-order valence-electron chi connectivity index (χ3n) is 5.83. The summed E-state index contributed by atoms with van der Waals surface area (Å²) in [6.45, 7) is 4.61. The van der Waals surface area contributed by atoms with Gasteiger partial charge in [-0.2, -0.15) is 4.31 Å². The van der Waals surface area contributed by atoms with Crippen LogP contribution in [0.4, 0.5) is 0 Å². The van der Waals surface area contributed by atoms with Gasteiger partial charge >= 0.3 is 0 Å². The molecular formula is C21H26ClN3O3S2. The Hall–Kier alpha value is -1.45. The SMILES string of the molecule is O=C(C1CCCN(S(=O)(=O)c2cccs2)C1)N1CCN(Cc2ccc(Cl)cc2)CC1. The molecule has 0 spiro atoms. The maximum absolute atomic E-state index is 13.1. The van der Waals surface area contributed by atoms with Gasteiger partial charge in [-0.15, -0.1) is 11.3 Å². The molecule has 162 valence electrons. The van der Waals surface area contributed by atoms with Gasteiger partial charge in [-0.1, -0.05) is 29.8 Å². The fourth-order valence-corrected chi connectivity index (χ4v) is 6.93. The lowest BCUT2D eigenvalue weighted by Gasteiger charge is -2.38. The smallest absolute Gasteiger partial charge is 0.252 e. The maximum atomic E-state index is 13.1. The number of halogens is 1. The predicted molar refractivity (Wildman–Crippen MR) is 119 cm³/mol. The highest BCUT2D eigenvalue weighted by Gasteiger charge is 2.36. The Kier molecular flexibility index (Phi) is 6.79. The predicted octanol–water partition coefficient (Wildman–Crippen LogP) is 3.15. The van der Waals surface area contributed by atoms with E-state index in [0.29, 0.717) is 23.8 Å². The average molecular weight is 468 g/mol. The van der Waals surface area contributed by atoms with Gasteiger partial charge in [-0.25, -0.2) is 8.42 Å². The Bertz CT molecular complexity index is 956. The topological polar surface area (TPSA) is 60.9 Å². The summed E-state index contributed by atoms with van der Waals surface area (Å²) < 4.78 is 27.5. The van der Waals surface area contributed by atoms with E-state index in [1.807, 2.05) is 29.2 Å². The van der Waals surface area contributed by atoms with Crippen LogP contribution in [-0.2, 0) is 21.4 Å². The number of thiophene rings is 1. The summed E-state index contributed by atoms with van der Waals surface area (Å²) in [7, 11) is -3.50. The molecule has 0 aliphatic carbocycles. The zero-order valence-corrected chi connectivity index (χ0v) is 19.1. The van der Waals surface area contributed by atoms with Crippen LogP contribution in [0.3, 0.4) is 0 Å². The second-order valence-electron chi connectivity index (χ2n) is 7.86. The molecule has 1 unspecified atom stereocenters. The standard InChI is InChI=1S/C21H26ClN3O3S2/c22-19-7-5-17(6-8-19)15-23-10-12-24(13-11-23)21(26)18-3-1-9-25(16-18)30(27,28)20-4-2-14-29-20/h2,4-8,14,18H,1,3,9-13,15-16H2. The lowest BCUT2D eigenvalue weighted by atomic mass is 9.97. The molecule has 0 N–H and O–H groups in total. The minimum absolute atomic E-state index is 0.0900. The molecule has 3 heterocycles. The molecule has 1 amide bonds. The zero-order chi connectivity index (χ0) is 21.1. The molecule has 1 atom stereocenters. The number of nitrogens with zero attached hydrogens (tertiary/aromatic N) is 3. The molecule has 0 saturated carbocycles. The van der Waals surface area contributed by atoms with Gasteiger partial charge in [0.25, 0.3) is 10.0 Å². The maximum Gasteiger partial charge on any atom is 0.252 e. The molecule has 0 bridgehead atoms. The number of piperazine rings is 1. The molecule has 2 aromatic rings. The van der Waals surface area contributed by atoms with Crippen molar-refractivity contribution < 1.29 is 13.2 Å². The molecule has 2 fully saturated rings. The van der Waals surface area contributed by atoms with Crippen LogP contribution in [0.2, 0.25) is 5.02 Å². The zero-order valence-electron chi connectivity index (χ0n) is 16.7. The third-order valence-corrected chi connectivity index (χ3v) is 9.32. The molecule has 2 aliphatic heterocycles. The monoisotopic (exact) mass is 467 g/mol. The Labute approximate surface area is 187 Å². The molecule has 4 rings (SSSR count). The van der Waals surface area contributed by atoms with Crippen molar-refractivity contribution >= 4 is 38.9 Å². The van der Waals surface area contributed by atoms with E-state index in [2.05, 4.69) is 4.90 Å². The van der Waals surface area contributed by atoms with E-state index in [1.54, 1.807) is 17.5 Å². The van der Waals surface area contributed by atoms with Crippen molar-refractivity contribution in [3.05, 3.63) is 52.4 Å². The molecule has 30 heavy (non-hydrogen) atoms. The minimum atomic E-state index is -3.50. The van der Waals surface area contributed by atoms with Gasteiger partial charge in [-0.3, -0.25) is 9.69 Å². The normalized spacial score (nSPS) is 21.6. The molecule has 2 saturated heterocycles. The fourth-order valence-electron chi connectivity index (χ4n) is 4.13. The van der Waals surface area contributed by atoms with Gasteiger partial charge in [0.1, 0.15) is 4.21 Å². The first-order valence-electron chi connectivity index (χ1n) is 10.2. The number of sulfonamides is 1. The Morgan fingerprint density at radius 3 is 2.47 bits per heavy atom. The summed E-state index contributed by atoms with van der Waals surface area (Å²) in [6.07, 6.45) is 1.47. The largest absolute Gasteiger partial charge is 0.340 e. The van der Waals surface area contributed by atoms with Crippen molar-refractivity contribution in [1.29, 1.82) is 0 Å². The van der Waals surface area contributed by atoms with Crippen LogP contribution in [-0.4, -0.2) is 67.7 Å². The van der Waals surface area contributed by atoms with E-state index in [0.717, 1.165) is 37.5 Å². The molecule has 6 nitrogen and oxygen atoms in total. The second kappa shape index (κ2) is 9.36. The van der Waals surface area contributed by atoms with Crippen LogP contribution in [0.5, 0.6) is 0 Å². The highest BCUT2D eigenvalue weighted by Crippen LogP contribution is 2.27. The van der Waals surface area contributed by atoms with E-state index in [1.165, 1.54) is 21.2 Å². The average Bonchev–Trinajstić information content (AvgIpc) is 3.31. The summed E-state index contributed by atoms with van der Waals surface area (Å²) in [5.41, 5.74) is 1.21. The summed E-state index contributed by atoms with van der Waals surface area (Å²) >= 11 is 7.18. The number of carbonyl (C=O) groups excluding carboxylic acids is 1. The first kappa shape index (κ1) is 21.8. The Balaban J connectivity index is 1.32. The molecule has 1 aromatic heterocycles. The van der Waals surface area contributed by atoms with Crippen LogP contribution < -0.4 is 0 Å². The lowest BCUT2D eigenvalue weighted by molar-refractivity contribution is -0.138. The number of piperidine rings is 1. The van der Waals surface area contributed by atoms with Gasteiger partial charge in [0, 0.05) is 50.8 Å². The summed E-state index contributed by atoms with van der Waals surface area (Å²) in [4.78, 5) is 17.3. The van der Waals surface area contributed by atoms with Crippen LogP contribution >= 0.6 is 22.9 Å². The number of carbonyl (C=O) groups is 1. The van der Waals surface area contributed by atoms with Crippen LogP contribution in [0, 0.1) is 5.92 Å². The van der Waals surface area contributed by atoms with Crippen molar-refractivity contribution in [2.24, 2.45) is 5.92 Å². The molecule has 2 aliphatic rings. The van der Waals surface area contributed by atoms with Gasteiger partial charge in [-0.05, 0) is 42.0 Å². The highest BCUT2D eigenvalue weighted by molar-refractivity contribution is 7.91. The number of hydrogen-bond acceptors (Lipinski definition) is 5. The van der Waals surface area contributed by atoms with Crippen LogP contribution in [0.15, 0.2) is 46.0 Å².